The molecule has 0 aliphatic rings. The summed E-state index contributed by atoms with van der Waals surface area (Å²) < 4.78 is 2.14. The molecule has 0 bridgehead atoms. The first kappa shape index (κ1) is 16.7. The number of aromatic nitrogens is 1. The average Bonchev–Trinajstić information content (AvgIpc) is 2.59. The third-order valence-corrected chi connectivity index (χ3v) is 3.69. The van der Waals surface area contributed by atoms with Crippen LogP contribution in [0.5, 0.6) is 0 Å². The van der Waals surface area contributed by atoms with Gasteiger partial charge in [0.2, 0.25) is 5.69 Å². The van der Waals surface area contributed by atoms with Gasteiger partial charge in [-0.15, -0.1) is 0 Å². The molecule has 4 nitrogen and oxygen atoms in total. The van der Waals surface area contributed by atoms with Gasteiger partial charge in [-0.3, -0.25) is 0 Å². The fraction of sp³-hybridized carbons (Fsp3) is 0.263. The molecule has 1 aromatic carbocycles. The number of anilines is 1. The van der Waals surface area contributed by atoms with Crippen molar-refractivity contribution in [3.05, 3.63) is 59.9 Å². The van der Waals surface area contributed by atoms with Gasteiger partial charge in [0.25, 0.3) is 0 Å². The normalized spacial score (nSPS) is 10.7. The Morgan fingerprint density at radius 2 is 1.96 bits per heavy atom. The van der Waals surface area contributed by atoms with E-state index in [9.17, 15) is 0 Å². The number of rotatable bonds is 7. The van der Waals surface area contributed by atoms with E-state index in [0.717, 1.165) is 30.0 Å². The maximum absolute atomic E-state index is 8.65. The molecule has 4 heteroatoms. The third-order valence-electron chi connectivity index (χ3n) is 3.69. The second-order valence-electron chi connectivity index (χ2n) is 5.36. The van der Waals surface area contributed by atoms with Gasteiger partial charge < -0.3 is 10.6 Å². The Morgan fingerprint density at radius 3 is 2.65 bits per heavy atom. The zero-order chi connectivity index (χ0) is 16.5. The van der Waals surface area contributed by atoms with Crippen molar-refractivity contribution in [2.75, 3.05) is 25.0 Å². The number of benzene rings is 1. The van der Waals surface area contributed by atoms with Crippen molar-refractivity contribution in [3.63, 3.8) is 0 Å². The molecule has 0 saturated heterocycles. The summed E-state index contributed by atoms with van der Waals surface area (Å²) in [4.78, 5) is 2.09. The molecule has 1 heterocycles. The van der Waals surface area contributed by atoms with Gasteiger partial charge in [-0.25, -0.2) is 0 Å². The van der Waals surface area contributed by atoms with E-state index in [0.29, 0.717) is 13.0 Å². The Bertz CT molecular complexity index is 683. The highest BCUT2D eigenvalue weighted by Gasteiger charge is 2.04. The Balaban J connectivity index is 2.08. The van der Waals surface area contributed by atoms with E-state index in [2.05, 4.69) is 58.0 Å². The van der Waals surface area contributed by atoms with Crippen molar-refractivity contribution in [1.82, 2.24) is 0 Å². The van der Waals surface area contributed by atoms with Crippen molar-refractivity contribution >= 4 is 17.8 Å². The number of nitrogens with zero attached hydrogens (tertiary/aromatic N) is 3. The summed E-state index contributed by atoms with van der Waals surface area (Å²) in [6.45, 7) is 2.18. The summed E-state index contributed by atoms with van der Waals surface area (Å²) in [5, 5.41) is 8.65. The lowest BCUT2D eigenvalue weighted by Crippen LogP contribution is -2.39. The minimum atomic E-state index is 0.535. The Morgan fingerprint density at radius 1 is 1.17 bits per heavy atom. The van der Waals surface area contributed by atoms with Crippen LogP contribution in [-0.2, 0) is 6.54 Å². The largest absolute Gasteiger partial charge is 0.374 e. The molecule has 0 atom stereocenters. The summed E-state index contributed by atoms with van der Waals surface area (Å²) in [6, 6.07) is 16.6. The molecule has 0 aliphatic heterocycles. The predicted octanol–water partition coefficient (Wildman–Crippen LogP) is 2.45. The highest BCUT2D eigenvalue weighted by molar-refractivity contribution is 5.68. The molecule has 2 rings (SSSR count). The lowest BCUT2D eigenvalue weighted by atomic mass is 10.1. The first-order valence-corrected chi connectivity index (χ1v) is 7.79. The molecule has 1 aromatic heterocycles. The monoisotopic (exact) mass is 307 g/mol. The smallest absolute Gasteiger partial charge is 0.205 e. The van der Waals surface area contributed by atoms with Crippen molar-refractivity contribution < 1.29 is 4.57 Å². The van der Waals surface area contributed by atoms with Crippen molar-refractivity contribution in [2.45, 2.75) is 13.0 Å². The maximum Gasteiger partial charge on any atom is 0.205 e. The molecular weight excluding hydrogens is 284 g/mol. The van der Waals surface area contributed by atoms with Gasteiger partial charge in [0, 0.05) is 37.5 Å². The number of pyridine rings is 1. The van der Waals surface area contributed by atoms with E-state index in [1.54, 1.807) is 0 Å². The van der Waals surface area contributed by atoms with Gasteiger partial charge in [0.15, 0.2) is 12.7 Å². The summed E-state index contributed by atoms with van der Waals surface area (Å²) in [5.74, 6) is 0. The zero-order valence-electron chi connectivity index (χ0n) is 13.5. The van der Waals surface area contributed by atoms with Crippen LogP contribution in [0.4, 0.5) is 5.69 Å². The van der Waals surface area contributed by atoms with Gasteiger partial charge in [-0.2, -0.15) is 9.83 Å². The van der Waals surface area contributed by atoms with Crippen LogP contribution < -0.4 is 15.2 Å². The van der Waals surface area contributed by atoms with Crippen LogP contribution in [0, 0.1) is 11.3 Å². The van der Waals surface area contributed by atoms with E-state index >= 15 is 0 Å². The van der Waals surface area contributed by atoms with Gasteiger partial charge in [-0.05, 0) is 29.8 Å². The van der Waals surface area contributed by atoms with Gasteiger partial charge >= 0.3 is 0 Å². The minimum absolute atomic E-state index is 0.535. The van der Waals surface area contributed by atoms with Crippen LogP contribution in [0.3, 0.4) is 0 Å². The minimum Gasteiger partial charge on any atom is -0.374 e. The Labute approximate surface area is 138 Å². The van der Waals surface area contributed by atoms with E-state index in [1.165, 1.54) is 0 Å². The highest BCUT2D eigenvalue weighted by Crippen LogP contribution is 2.15. The summed E-state index contributed by atoms with van der Waals surface area (Å²) in [7, 11) is 2.00. The zero-order valence-corrected chi connectivity index (χ0v) is 13.5. The molecule has 0 spiro atoms. The number of hydrogen-bond donors (Lipinski definition) is 1. The molecule has 0 fully saturated rings. The first-order chi connectivity index (χ1) is 11.2. The van der Waals surface area contributed by atoms with E-state index in [1.807, 2.05) is 25.4 Å². The standard InChI is InChI=1S/C19H23N4/c1-22(14-4-12-20)18-9-6-17(7-10-18)8-11-19-5-2-3-15-23(19)16-13-21/h2-3,5-11,15H,4,13-14,16,21H2,1H3/q+1. The van der Waals surface area contributed by atoms with Crippen LogP contribution in [0.1, 0.15) is 17.7 Å². The fourth-order valence-corrected chi connectivity index (χ4v) is 2.35. The van der Waals surface area contributed by atoms with E-state index in [-0.39, 0.29) is 0 Å². The van der Waals surface area contributed by atoms with Gasteiger partial charge in [0.1, 0.15) is 0 Å². The first-order valence-electron chi connectivity index (χ1n) is 7.79. The molecule has 0 unspecified atom stereocenters. The molecule has 2 N–H and O–H groups in total. The van der Waals surface area contributed by atoms with Crippen LogP contribution in [0.15, 0.2) is 48.7 Å². The quantitative estimate of drug-likeness (QED) is 0.799. The van der Waals surface area contributed by atoms with Crippen LogP contribution in [0.2, 0.25) is 0 Å². The lowest BCUT2D eigenvalue weighted by Gasteiger charge is -2.17. The Hall–Kier alpha value is -2.64. The van der Waals surface area contributed by atoms with Gasteiger partial charge in [0.05, 0.1) is 19.0 Å². The molecule has 0 saturated carbocycles. The third kappa shape index (κ3) is 4.94. The summed E-state index contributed by atoms with van der Waals surface area (Å²) in [5.41, 5.74) is 9.04. The molecule has 23 heavy (non-hydrogen) atoms. The molecule has 2 aromatic rings. The average molecular weight is 307 g/mol. The lowest BCUT2D eigenvalue weighted by molar-refractivity contribution is -0.696. The number of nitrogens with two attached hydrogens (primary N) is 1. The summed E-state index contributed by atoms with van der Waals surface area (Å²) >= 11 is 0. The fourth-order valence-electron chi connectivity index (χ4n) is 2.35. The predicted molar refractivity (Wildman–Crippen MR) is 94.6 cm³/mol. The van der Waals surface area contributed by atoms with Gasteiger partial charge in [-0.1, -0.05) is 12.1 Å². The van der Waals surface area contributed by atoms with E-state index in [4.69, 9.17) is 11.0 Å². The molecule has 0 amide bonds. The topological polar surface area (TPSA) is 56.9 Å². The molecular formula is C19H23N4+. The highest BCUT2D eigenvalue weighted by atomic mass is 15.1. The second-order valence-corrected chi connectivity index (χ2v) is 5.36. The summed E-state index contributed by atoms with van der Waals surface area (Å²) in [6.07, 6.45) is 6.78. The number of hydrogen-bond acceptors (Lipinski definition) is 3. The van der Waals surface area contributed by atoms with Crippen molar-refractivity contribution in [1.29, 1.82) is 5.26 Å². The molecule has 118 valence electrons. The molecule has 0 aliphatic carbocycles. The molecule has 0 radical (unpaired) electrons. The Kier molecular flexibility index (Phi) is 6.34. The van der Waals surface area contributed by atoms with Crippen molar-refractivity contribution in [2.24, 2.45) is 5.73 Å². The van der Waals surface area contributed by atoms with Crippen LogP contribution in [0.25, 0.3) is 12.2 Å². The van der Waals surface area contributed by atoms with Crippen molar-refractivity contribution in [3.8, 4) is 6.07 Å². The van der Waals surface area contributed by atoms with Crippen LogP contribution >= 0.6 is 0 Å². The number of nitriles is 1. The second kappa shape index (κ2) is 8.72. The van der Waals surface area contributed by atoms with Crippen LogP contribution in [-0.4, -0.2) is 20.1 Å². The van der Waals surface area contributed by atoms with E-state index < -0.39 is 0 Å². The SMILES string of the molecule is CN(CCC#N)c1ccc(/C=C/c2cccc[n+]2CCN)cc1. The maximum atomic E-state index is 8.65.